The minimum atomic E-state index is 0.312. The van der Waals surface area contributed by atoms with Crippen molar-refractivity contribution in [2.75, 3.05) is 0 Å². The fourth-order valence-electron chi connectivity index (χ4n) is 1.28. The summed E-state index contributed by atoms with van der Waals surface area (Å²) in [4.78, 5) is 9.81. The highest BCUT2D eigenvalue weighted by Gasteiger charge is 2.08. The second-order valence-electron chi connectivity index (χ2n) is 3.33. The zero-order chi connectivity index (χ0) is 10.7. The number of hydrogen-bond acceptors (Lipinski definition) is 5. The Hall–Kier alpha value is -0.780. The molecule has 0 aliphatic heterocycles. The third-order valence-corrected chi connectivity index (χ3v) is 4.13. The molecule has 1 atom stereocenters. The van der Waals surface area contributed by atoms with Crippen molar-refractivity contribution in [2.45, 2.75) is 26.4 Å². The second-order valence-corrected chi connectivity index (χ2v) is 5.20. The third-order valence-electron chi connectivity index (χ3n) is 2.24. The van der Waals surface area contributed by atoms with E-state index in [0.29, 0.717) is 6.04 Å². The average molecular weight is 239 g/mol. The first-order valence-corrected chi connectivity index (χ1v) is 6.55. The van der Waals surface area contributed by atoms with Gasteiger partial charge in [0.25, 0.3) is 0 Å². The van der Waals surface area contributed by atoms with Crippen LogP contribution in [0.1, 0.15) is 28.5 Å². The van der Waals surface area contributed by atoms with Gasteiger partial charge in [-0.25, -0.2) is 9.97 Å². The Kier molecular flexibility index (Phi) is 3.45. The van der Waals surface area contributed by atoms with Crippen molar-refractivity contribution in [3.63, 3.8) is 0 Å². The van der Waals surface area contributed by atoms with Crippen LogP contribution in [0.2, 0.25) is 0 Å². The molecule has 2 rings (SSSR count). The molecule has 2 aromatic heterocycles. The molecule has 0 aromatic carbocycles. The van der Waals surface area contributed by atoms with E-state index in [1.54, 1.807) is 22.7 Å². The van der Waals surface area contributed by atoms with E-state index in [2.05, 4.69) is 22.2 Å². The Morgan fingerprint density at radius 2 is 2.27 bits per heavy atom. The van der Waals surface area contributed by atoms with Gasteiger partial charge in [0.1, 0.15) is 5.01 Å². The molecule has 80 valence electrons. The van der Waals surface area contributed by atoms with Crippen LogP contribution in [0.3, 0.4) is 0 Å². The van der Waals surface area contributed by atoms with Crippen molar-refractivity contribution < 1.29 is 0 Å². The number of rotatable bonds is 4. The number of aryl methyl sites for hydroxylation is 1. The summed E-state index contributed by atoms with van der Waals surface area (Å²) < 4.78 is 0. The lowest BCUT2D eigenvalue weighted by Gasteiger charge is -2.09. The van der Waals surface area contributed by atoms with Gasteiger partial charge in [-0.2, -0.15) is 0 Å². The molecule has 0 fully saturated rings. The van der Waals surface area contributed by atoms with Gasteiger partial charge in [0.2, 0.25) is 0 Å². The number of nitrogens with zero attached hydrogens (tertiary/aromatic N) is 2. The third kappa shape index (κ3) is 2.62. The molecule has 0 bridgehead atoms. The summed E-state index contributed by atoms with van der Waals surface area (Å²) in [6.07, 6.45) is 1.84. The number of aromatic nitrogens is 2. The summed E-state index contributed by atoms with van der Waals surface area (Å²) in [6, 6.07) is 0.312. The molecule has 0 aliphatic rings. The highest BCUT2D eigenvalue weighted by Crippen LogP contribution is 2.17. The number of thiazole rings is 2. The standard InChI is InChI=1S/C10H13N3S2/c1-7-9(15-6-13-7)5-12-8(2)10-11-3-4-14-10/h3-4,6,8,12H,5H2,1-2H3. The van der Waals surface area contributed by atoms with Gasteiger partial charge in [-0.3, -0.25) is 0 Å². The van der Waals surface area contributed by atoms with Crippen molar-refractivity contribution in [3.05, 3.63) is 32.7 Å². The highest BCUT2D eigenvalue weighted by atomic mass is 32.1. The fraction of sp³-hybridized carbons (Fsp3) is 0.400. The molecule has 0 saturated carbocycles. The van der Waals surface area contributed by atoms with E-state index in [0.717, 1.165) is 17.2 Å². The van der Waals surface area contributed by atoms with Crippen molar-refractivity contribution in [1.29, 1.82) is 0 Å². The molecule has 2 aromatic rings. The van der Waals surface area contributed by atoms with Gasteiger partial charge >= 0.3 is 0 Å². The number of hydrogen-bond donors (Lipinski definition) is 1. The van der Waals surface area contributed by atoms with Gasteiger partial charge in [0.15, 0.2) is 0 Å². The topological polar surface area (TPSA) is 37.8 Å². The predicted molar refractivity (Wildman–Crippen MR) is 64.2 cm³/mol. The van der Waals surface area contributed by atoms with E-state index in [1.807, 2.05) is 24.0 Å². The maximum Gasteiger partial charge on any atom is 0.109 e. The molecule has 1 N–H and O–H groups in total. The molecule has 1 unspecified atom stereocenters. The Morgan fingerprint density at radius 3 is 2.87 bits per heavy atom. The summed E-state index contributed by atoms with van der Waals surface area (Å²) >= 11 is 3.38. The predicted octanol–water partition coefficient (Wildman–Crippen LogP) is 2.76. The van der Waals surface area contributed by atoms with E-state index in [9.17, 15) is 0 Å². The highest BCUT2D eigenvalue weighted by molar-refractivity contribution is 7.10. The zero-order valence-corrected chi connectivity index (χ0v) is 10.4. The molecule has 3 nitrogen and oxygen atoms in total. The monoisotopic (exact) mass is 239 g/mol. The van der Waals surface area contributed by atoms with E-state index in [1.165, 1.54) is 4.88 Å². The summed E-state index contributed by atoms with van der Waals surface area (Å²) in [7, 11) is 0. The molecule has 0 spiro atoms. The van der Waals surface area contributed by atoms with Gasteiger partial charge in [-0.05, 0) is 13.8 Å². The molecule has 0 saturated heterocycles. The first-order chi connectivity index (χ1) is 7.27. The molecule has 0 radical (unpaired) electrons. The maximum absolute atomic E-state index is 4.28. The smallest absolute Gasteiger partial charge is 0.109 e. The Morgan fingerprint density at radius 1 is 1.40 bits per heavy atom. The largest absolute Gasteiger partial charge is 0.303 e. The normalized spacial score (nSPS) is 12.9. The van der Waals surface area contributed by atoms with Crippen LogP contribution in [0.25, 0.3) is 0 Å². The maximum atomic E-state index is 4.28. The summed E-state index contributed by atoms with van der Waals surface area (Å²) in [5, 5.41) is 6.59. The first-order valence-electron chi connectivity index (χ1n) is 4.79. The first kappa shape index (κ1) is 10.7. The van der Waals surface area contributed by atoms with Crippen LogP contribution in [-0.2, 0) is 6.54 Å². The number of nitrogens with one attached hydrogen (secondary N) is 1. The Bertz CT molecular complexity index is 408. The SMILES string of the molecule is Cc1ncsc1CNC(C)c1nccs1. The lowest BCUT2D eigenvalue weighted by molar-refractivity contribution is 0.574. The summed E-state index contributed by atoms with van der Waals surface area (Å²) in [6.45, 7) is 5.05. The molecule has 2 heterocycles. The average Bonchev–Trinajstić information content (AvgIpc) is 2.85. The molecule has 5 heteroatoms. The molecule has 0 aliphatic carbocycles. The molecular formula is C10H13N3S2. The van der Waals surface area contributed by atoms with Gasteiger partial charge in [-0.1, -0.05) is 0 Å². The van der Waals surface area contributed by atoms with E-state index < -0.39 is 0 Å². The van der Waals surface area contributed by atoms with E-state index in [4.69, 9.17) is 0 Å². The van der Waals surface area contributed by atoms with E-state index >= 15 is 0 Å². The van der Waals surface area contributed by atoms with Crippen LogP contribution in [0.5, 0.6) is 0 Å². The van der Waals surface area contributed by atoms with Crippen LogP contribution in [0, 0.1) is 6.92 Å². The van der Waals surface area contributed by atoms with Crippen LogP contribution in [0.15, 0.2) is 17.1 Å². The summed E-state index contributed by atoms with van der Waals surface area (Å²) in [5.41, 5.74) is 3.01. The van der Waals surface area contributed by atoms with Gasteiger partial charge in [0, 0.05) is 23.0 Å². The van der Waals surface area contributed by atoms with Crippen molar-refractivity contribution in [2.24, 2.45) is 0 Å². The Balaban J connectivity index is 1.91. The molecule has 0 amide bonds. The fourth-order valence-corrected chi connectivity index (χ4v) is 2.68. The van der Waals surface area contributed by atoms with Gasteiger partial charge < -0.3 is 5.32 Å². The van der Waals surface area contributed by atoms with Crippen LogP contribution in [0.4, 0.5) is 0 Å². The van der Waals surface area contributed by atoms with Crippen molar-refractivity contribution in [1.82, 2.24) is 15.3 Å². The van der Waals surface area contributed by atoms with Gasteiger partial charge in [-0.15, -0.1) is 22.7 Å². The second kappa shape index (κ2) is 4.83. The molecular weight excluding hydrogens is 226 g/mol. The molecule has 15 heavy (non-hydrogen) atoms. The van der Waals surface area contributed by atoms with Gasteiger partial charge in [0.05, 0.1) is 17.2 Å². The van der Waals surface area contributed by atoms with Crippen LogP contribution >= 0.6 is 22.7 Å². The minimum Gasteiger partial charge on any atom is -0.303 e. The minimum absolute atomic E-state index is 0.312. The summed E-state index contributed by atoms with van der Waals surface area (Å²) in [5.74, 6) is 0. The van der Waals surface area contributed by atoms with Crippen molar-refractivity contribution in [3.8, 4) is 0 Å². The Labute approximate surface area is 97.2 Å². The lowest BCUT2D eigenvalue weighted by Crippen LogP contribution is -2.17. The van der Waals surface area contributed by atoms with Crippen LogP contribution < -0.4 is 5.32 Å². The lowest BCUT2D eigenvalue weighted by atomic mass is 10.3. The van der Waals surface area contributed by atoms with E-state index in [-0.39, 0.29) is 0 Å². The van der Waals surface area contributed by atoms with Crippen molar-refractivity contribution >= 4 is 22.7 Å². The van der Waals surface area contributed by atoms with Crippen LogP contribution in [-0.4, -0.2) is 9.97 Å². The quantitative estimate of drug-likeness (QED) is 0.891. The zero-order valence-electron chi connectivity index (χ0n) is 8.73.